The predicted octanol–water partition coefficient (Wildman–Crippen LogP) is 8.08. The third-order valence-corrected chi connectivity index (χ3v) is 8.11. The summed E-state index contributed by atoms with van der Waals surface area (Å²) in [6, 6.07) is 21.2. The van der Waals surface area contributed by atoms with Crippen LogP contribution in [0.4, 0.5) is 10.5 Å². The maximum absolute atomic E-state index is 13.5. The average Bonchev–Trinajstić information content (AvgIpc) is 2.99. The Hall–Kier alpha value is -3.77. The molecule has 4 aromatic rings. The predicted molar refractivity (Wildman–Crippen MR) is 178 cm³/mol. The zero-order valence-corrected chi connectivity index (χ0v) is 27.3. The Labute approximate surface area is 281 Å². The summed E-state index contributed by atoms with van der Waals surface area (Å²) < 4.78 is 18.0. The maximum atomic E-state index is 13.5. The molecule has 8 nitrogen and oxygen atoms in total. The van der Waals surface area contributed by atoms with Crippen molar-refractivity contribution in [2.24, 2.45) is 0 Å². The van der Waals surface area contributed by atoms with Gasteiger partial charge in [0.05, 0.1) is 16.4 Å². The molecule has 4 amide bonds. The third-order valence-electron chi connectivity index (χ3n) is 6.47. The highest BCUT2D eigenvalue weighted by Gasteiger charge is 2.37. The molecule has 0 radical (unpaired) electrons. The Morgan fingerprint density at radius 2 is 1.55 bits per heavy atom. The van der Waals surface area contributed by atoms with E-state index < -0.39 is 17.8 Å². The highest BCUT2D eigenvalue weighted by molar-refractivity contribution is 14.1. The first kappa shape index (κ1) is 31.6. The van der Waals surface area contributed by atoms with E-state index >= 15 is 0 Å². The van der Waals surface area contributed by atoms with Gasteiger partial charge in [0.1, 0.15) is 24.5 Å². The molecule has 4 aromatic carbocycles. The average molecular weight is 764 g/mol. The van der Waals surface area contributed by atoms with Gasteiger partial charge in [-0.2, -0.15) is 0 Å². The van der Waals surface area contributed by atoms with Crippen molar-refractivity contribution < 1.29 is 28.6 Å². The summed E-state index contributed by atoms with van der Waals surface area (Å²) in [7, 11) is 1.49. The maximum Gasteiger partial charge on any atom is 0.335 e. The number of carbonyl (C=O) groups excluding carboxylic acids is 3. The van der Waals surface area contributed by atoms with Crippen LogP contribution in [0.25, 0.3) is 6.08 Å². The lowest BCUT2D eigenvalue weighted by molar-refractivity contribution is -0.122. The van der Waals surface area contributed by atoms with Gasteiger partial charge in [-0.15, -0.1) is 0 Å². The van der Waals surface area contributed by atoms with Crippen LogP contribution in [0.1, 0.15) is 16.7 Å². The summed E-state index contributed by atoms with van der Waals surface area (Å²) >= 11 is 20.2. The zero-order chi connectivity index (χ0) is 31.4. The van der Waals surface area contributed by atoms with Crippen molar-refractivity contribution in [3.8, 4) is 17.2 Å². The molecule has 0 unspecified atom stereocenters. The Morgan fingerprint density at radius 1 is 0.841 bits per heavy atom. The molecule has 44 heavy (non-hydrogen) atoms. The van der Waals surface area contributed by atoms with Crippen LogP contribution in [-0.4, -0.2) is 25.0 Å². The number of benzene rings is 4. The van der Waals surface area contributed by atoms with Crippen LogP contribution in [0.15, 0.2) is 84.4 Å². The molecule has 0 aromatic heterocycles. The Kier molecular flexibility index (Phi) is 10.00. The lowest BCUT2D eigenvalue weighted by atomic mass is 10.1. The second-order valence-corrected chi connectivity index (χ2v) is 11.9. The fourth-order valence-electron chi connectivity index (χ4n) is 4.25. The van der Waals surface area contributed by atoms with E-state index in [-0.39, 0.29) is 24.5 Å². The number of nitrogens with one attached hydrogen (secondary N) is 1. The van der Waals surface area contributed by atoms with Crippen molar-refractivity contribution in [1.82, 2.24) is 5.32 Å². The number of anilines is 1. The van der Waals surface area contributed by atoms with Gasteiger partial charge in [0.25, 0.3) is 11.8 Å². The molecule has 12 heteroatoms. The van der Waals surface area contributed by atoms with Gasteiger partial charge in [0.15, 0.2) is 11.5 Å². The summed E-state index contributed by atoms with van der Waals surface area (Å²) in [4.78, 5) is 39.8. The number of ether oxygens (including phenoxy) is 3. The van der Waals surface area contributed by atoms with Crippen molar-refractivity contribution in [1.29, 1.82) is 0 Å². The van der Waals surface area contributed by atoms with Crippen LogP contribution in [0.2, 0.25) is 15.1 Å². The molecule has 0 aliphatic carbocycles. The molecule has 224 valence electrons. The van der Waals surface area contributed by atoms with Gasteiger partial charge in [-0.05, 0) is 100 Å². The molecule has 1 N–H and O–H groups in total. The first-order valence-electron chi connectivity index (χ1n) is 13.0. The Morgan fingerprint density at radius 3 is 2.23 bits per heavy atom. The number of methoxy groups -OCH3 is 1. The summed E-state index contributed by atoms with van der Waals surface area (Å²) in [6.07, 6.45) is 1.40. The fourth-order valence-corrected chi connectivity index (χ4v) is 5.62. The molecule has 0 bridgehead atoms. The minimum absolute atomic E-state index is 0.188. The molecule has 0 atom stereocenters. The number of halogens is 4. The topological polar surface area (TPSA) is 94.2 Å². The third kappa shape index (κ3) is 7.29. The molecule has 0 spiro atoms. The number of barbiturate groups is 1. The van der Waals surface area contributed by atoms with Crippen molar-refractivity contribution in [2.75, 3.05) is 12.0 Å². The van der Waals surface area contributed by atoms with E-state index in [2.05, 4.69) is 27.9 Å². The van der Waals surface area contributed by atoms with E-state index in [0.29, 0.717) is 41.5 Å². The van der Waals surface area contributed by atoms with Crippen LogP contribution in [0.5, 0.6) is 17.2 Å². The van der Waals surface area contributed by atoms with Gasteiger partial charge in [-0.1, -0.05) is 53.0 Å². The minimum atomic E-state index is -0.864. The molecule has 1 saturated heterocycles. The van der Waals surface area contributed by atoms with E-state index in [9.17, 15) is 14.4 Å². The van der Waals surface area contributed by atoms with Crippen molar-refractivity contribution in [3.63, 3.8) is 0 Å². The summed E-state index contributed by atoms with van der Waals surface area (Å²) in [5, 5.41) is 3.85. The highest BCUT2D eigenvalue weighted by Crippen LogP contribution is 2.36. The van der Waals surface area contributed by atoms with E-state index in [4.69, 9.17) is 49.0 Å². The van der Waals surface area contributed by atoms with E-state index in [0.717, 1.165) is 16.0 Å². The number of imide groups is 2. The van der Waals surface area contributed by atoms with Gasteiger partial charge >= 0.3 is 6.03 Å². The van der Waals surface area contributed by atoms with Crippen LogP contribution in [0.3, 0.4) is 0 Å². The fraction of sp³-hybridized carbons (Fsp3) is 0.0938. The summed E-state index contributed by atoms with van der Waals surface area (Å²) in [6.45, 7) is 0.466. The van der Waals surface area contributed by atoms with Crippen LogP contribution < -0.4 is 24.4 Å². The number of rotatable bonds is 9. The van der Waals surface area contributed by atoms with Gasteiger partial charge in [0, 0.05) is 20.6 Å². The lowest BCUT2D eigenvalue weighted by Crippen LogP contribution is -2.54. The Bertz CT molecular complexity index is 1780. The SMILES string of the molecule is COc1cc(/C=C2\C(=O)NC(=O)N(c3ccc(OCc4ccc(Cl)cc4Cl)cc3)C2=O)cc(I)c1OCc1ccc(Cl)cc1. The standard InChI is InChI=1S/C32H22Cl3IN2O6/c1-42-28-14-19(13-27(36)29(28)44-16-18-2-5-21(33)6-3-18)12-25-30(39)37-32(41)38(31(25)40)23-8-10-24(11-9-23)43-17-20-4-7-22(34)15-26(20)35/h2-15H,16-17H2,1H3,(H,37,39,41)/b25-12+. The minimum Gasteiger partial charge on any atom is -0.493 e. The molecule has 1 fully saturated rings. The summed E-state index contributed by atoms with van der Waals surface area (Å²) in [5.41, 5.74) is 2.18. The quantitative estimate of drug-likeness (QED) is 0.105. The van der Waals surface area contributed by atoms with Gasteiger partial charge in [-0.3, -0.25) is 14.9 Å². The highest BCUT2D eigenvalue weighted by atomic mass is 127. The number of carbonyl (C=O) groups is 3. The molecule has 1 aliphatic rings. The van der Waals surface area contributed by atoms with Crippen LogP contribution in [-0.2, 0) is 22.8 Å². The first-order valence-corrected chi connectivity index (χ1v) is 15.2. The second-order valence-electron chi connectivity index (χ2n) is 9.43. The molecule has 5 rings (SSSR count). The lowest BCUT2D eigenvalue weighted by Gasteiger charge is -2.26. The largest absolute Gasteiger partial charge is 0.493 e. The first-order chi connectivity index (χ1) is 21.1. The van der Waals surface area contributed by atoms with Crippen molar-refractivity contribution in [2.45, 2.75) is 13.2 Å². The van der Waals surface area contributed by atoms with Gasteiger partial charge < -0.3 is 14.2 Å². The number of nitrogens with zero attached hydrogens (tertiary/aromatic N) is 1. The van der Waals surface area contributed by atoms with E-state index in [1.54, 1.807) is 66.7 Å². The van der Waals surface area contributed by atoms with Crippen LogP contribution in [0, 0.1) is 3.57 Å². The zero-order valence-electron chi connectivity index (χ0n) is 22.9. The number of urea groups is 1. The molecule has 1 aliphatic heterocycles. The normalized spacial score (nSPS) is 14.1. The van der Waals surface area contributed by atoms with E-state index in [1.807, 2.05) is 12.1 Å². The molecular formula is C32H22Cl3IN2O6. The molecule has 1 heterocycles. The molecular weight excluding hydrogens is 742 g/mol. The van der Waals surface area contributed by atoms with Crippen LogP contribution >= 0.6 is 57.4 Å². The van der Waals surface area contributed by atoms with E-state index in [1.165, 1.54) is 13.2 Å². The van der Waals surface area contributed by atoms with Gasteiger partial charge in [0.2, 0.25) is 0 Å². The monoisotopic (exact) mass is 762 g/mol. The van der Waals surface area contributed by atoms with Crippen molar-refractivity contribution >= 4 is 87.0 Å². The Balaban J connectivity index is 1.33. The number of hydrogen-bond donors (Lipinski definition) is 1. The smallest absolute Gasteiger partial charge is 0.335 e. The second kappa shape index (κ2) is 13.9. The molecule has 0 saturated carbocycles. The van der Waals surface area contributed by atoms with Gasteiger partial charge in [-0.25, -0.2) is 9.69 Å². The number of hydrogen-bond acceptors (Lipinski definition) is 6. The summed E-state index contributed by atoms with van der Waals surface area (Å²) in [5.74, 6) is -0.200. The number of amides is 4. The van der Waals surface area contributed by atoms with Crippen molar-refractivity contribution in [3.05, 3.63) is 120 Å².